The maximum absolute atomic E-state index is 12.8. The lowest BCUT2D eigenvalue weighted by atomic mass is 9.86. The first-order chi connectivity index (χ1) is 11.4. The van der Waals surface area contributed by atoms with E-state index < -0.39 is 11.9 Å². The van der Waals surface area contributed by atoms with E-state index in [1.807, 2.05) is 45.0 Å². The Labute approximate surface area is 145 Å². The van der Waals surface area contributed by atoms with E-state index in [1.165, 1.54) is 11.3 Å². The number of aromatic nitrogens is 1. The molecule has 1 amide bonds. The summed E-state index contributed by atoms with van der Waals surface area (Å²) in [7, 11) is 0. The molecule has 0 saturated carbocycles. The number of hydrogen-bond acceptors (Lipinski definition) is 4. The van der Waals surface area contributed by atoms with Gasteiger partial charge in [0, 0.05) is 19.0 Å². The van der Waals surface area contributed by atoms with Gasteiger partial charge in [0.15, 0.2) is 0 Å². The number of carboxylic acid groups (broad SMARTS) is 1. The number of amides is 1. The fraction of sp³-hybridized carbons (Fsp3) is 0.389. The van der Waals surface area contributed by atoms with Crippen molar-refractivity contribution in [3.63, 3.8) is 0 Å². The highest BCUT2D eigenvalue weighted by Gasteiger charge is 2.41. The zero-order chi connectivity index (χ0) is 17.4. The van der Waals surface area contributed by atoms with Gasteiger partial charge in [-0.2, -0.15) is 0 Å². The Morgan fingerprint density at radius 1 is 1.21 bits per heavy atom. The molecule has 1 saturated heterocycles. The molecular formula is C18H20N2O3S. The molecular weight excluding hydrogens is 324 g/mol. The Bertz CT molecular complexity index is 799. The number of thiazole rings is 1. The molecule has 3 rings (SSSR count). The Kier molecular flexibility index (Phi) is 4.41. The molecule has 1 aliphatic heterocycles. The van der Waals surface area contributed by atoms with Crippen molar-refractivity contribution in [3.05, 3.63) is 51.0 Å². The van der Waals surface area contributed by atoms with Gasteiger partial charge in [-0.1, -0.05) is 24.3 Å². The Morgan fingerprint density at radius 2 is 1.92 bits per heavy atom. The largest absolute Gasteiger partial charge is 0.481 e. The van der Waals surface area contributed by atoms with E-state index >= 15 is 0 Å². The van der Waals surface area contributed by atoms with Gasteiger partial charge in [-0.05, 0) is 31.9 Å². The average molecular weight is 344 g/mol. The lowest BCUT2D eigenvalue weighted by molar-refractivity contribution is -0.141. The number of rotatable bonds is 3. The first-order valence-corrected chi connectivity index (χ1v) is 8.71. The van der Waals surface area contributed by atoms with Crippen LogP contribution in [0.4, 0.5) is 0 Å². The second kappa shape index (κ2) is 6.36. The number of hydrogen-bond donors (Lipinski definition) is 1. The molecule has 0 unspecified atom stereocenters. The lowest BCUT2D eigenvalue weighted by Gasteiger charge is -2.17. The number of carbonyl (C=O) groups is 2. The van der Waals surface area contributed by atoms with Gasteiger partial charge in [0.2, 0.25) is 0 Å². The highest BCUT2D eigenvalue weighted by atomic mass is 32.1. The molecule has 126 valence electrons. The molecule has 24 heavy (non-hydrogen) atoms. The van der Waals surface area contributed by atoms with E-state index in [0.29, 0.717) is 17.1 Å². The molecule has 1 aromatic carbocycles. The number of benzene rings is 1. The van der Waals surface area contributed by atoms with Gasteiger partial charge in [-0.3, -0.25) is 9.59 Å². The van der Waals surface area contributed by atoms with Crippen LogP contribution < -0.4 is 0 Å². The lowest BCUT2D eigenvalue weighted by Crippen LogP contribution is -2.29. The summed E-state index contributed by atoms with van der Waals surface area (Å²) in [6.45, 7) is 6.34. The van der Waals surface area contributed by atoms with Gasteiger partial charge in [-0.15, -0.1) is 11.3 Å². The summed E-state index contributed by atoms with van der Waals surface area (Å²) < 4.78 is 0. The third-order valence-electron chi connectivity index (χ3n) is 4.61. The summed E-state index contributed by atoms with van der Waals surface area (Å²) >= 11 is 1.37. The van der Waals surface area contributed by atoms with Gasteiger partial charge in [0.05, 0.1) is 16.6 Å². The molecule has 1 fully saturated rings. The number of aliphatic carboxylic acids is 1. The highest BCUT2D eigenvalue weighted by Crippen LogP contribution is 2.36. The molecule has 1 aromatic heterocycles. The molecule has 0 radical (unpaired) electrons. The molecule has 1 aliphatic rings. The first kappa shape index (κ1) is 16.6. The number of carboxylic acids is 1. The van der Waals surface area contributed by atoms with Crippen molar-refractivity contribution in [2.45, 2.75) is 26.7 Å². The van der Waals surface area contributed by atoms with Crippen LogP contribution in [0.2, 0.25) is 0 Å². The van der Waals surface area contributed by atoms with Crippen LogP contribution in [0, 0.1) is 26.7 Å². The van der Waals surface area contributed by atoms with Crippen LogP contribution in [0.3, 0.4) is 0 Å². The van der Waals surface area contributed by atoms with Crippen molar-refractivity contribution in [2.75, 3.05) is 13.1 Å². The highest BCUT2D eigenvalue weighted by molar-refractivity contribution is 7.13. The fourth-order valence-corrected chi connectivity index (χ4v) is 4.30. The van der Waals surface area contributed by atoms with E-state index in [0.717, 1.165) is 16.1 Å². The molecule has 2 atom stereocenters. The summed E-state index contributed by atoms with van der Waals surface area (Å²) in [6.07, 6.45) is 0. The molecule has 2 heterocycles. The standard InChI is InChI=1S/C18H20N2O3S/c1-10-6-4-5-7-13(10)14-8-20(9-15(14)18(22)23)17(21)16-11(2)19-12(3)24-16/h4-7,14-15H,8-9H2,1-3H3,(H,22,23)/t14-,15+/m1/s1. The monoisotopic (exact) mass is 344 g/mol. The molecule has 0 bridgehead atoms. The summed E-state index contributed by atoms with van der Waals surface area (Å²) in [4.78, 5) is 31.1. The number of carbonyl (C=O) groups excluding carboxylic acids is 1. The second-order valence-corrected chi connectivity index (χ2v) is 7.47. The average Bonchev–Trinajstić information content (AvgIpc) is 3.10. The molecule has 0 spiro atoms. The first-order valence-electron chi connectivity index (χ1n) is 7.90. The molecule has 2 aromatic rings. The second-order valence-electron chi connectivity index (χ2n) is 6.27. The van der Waals surface area contributed by atoms with Crippen LogP contribution in [0.1, 0.15) is 37.4 Å². The molecule has 6 heteroatoms. The topological polar surface area (TPSA) is 70.5 Å². The maximum Gasteiger partial charge on any atom is 0.308 e. The van der Waals surface area contributed by atoms with Gasteiger partial charge in [0.25, 0.3) is 5.91 Å². The van der Waals surface area contributed by atoms with Crippen LogP contribution in [0.25, 0.3) is 0 Å². The van der Waals surface area contributed by atoms with E-state index in [1.54, 1.807) is 4.90 Å². The quantitative estimate of drug-likeness (QED) is 0.929. The normalized spacial score (nSPS) is 20.4. The smallest absolute Gasteiger partial charge is 0.308 e. The van der Waals surface area contributed by atoms with E-state index in [2.05, 4.69) is 4.98 Å². The van der Waals surface area contributed by atoms with E-state index in [9.17, 15) is 14.7 Å². The van der Waals surface area contributed by atoms with Crippen LogP contribution in [-0.4, -0.2) is 40.0 Å². The number of likely N-dealkylation sites (tertiary alicyclic amines) is 1. The zero-order valence-electron chi connectivity index (χ0n) is 13.9. The third-order valence-corrected chi connectivity index (χ3v) is 5.67. The van der Waals surface area contributed by atoms with Crippen molar-refractivity contribution >= 4 is 23.2 Å². The summed E-state index contributed by atoms with van der Waals surface area (Å²) in [5, 5.41) is 10.5. The van der Waals surface area contributed by atoms with Crippen LogP contribution in [0.15, 0.2) is 24.3 Å². The third kappa shape index (κ3) is 2.94. The van der Waals surface area contributed by atoms with Crippen LogP contribution in [-0.2, 0) is 4.79 Å². The van der Waals surface area contributed by atoms with Crippen molar-refractivity contribution in [1.29, 1.82) is 0 Å². The summed E-state index contributed by atoms with van der Waals surface area (Å²) in [5.74, 6) is -1.72. The van der Waals surface area contributed by atoms with Gasteiger partial charge in [0.1, 0.15) is 4.88 Å². The zero-order valence-corrected chi connectivity index (χ0v) is 14.8. The van der Waals surface area contributed by atoms with Crippen molar-refractivity contribution in [1.82, 2.24) is 9.88 Å². The van der Waals surface area contributed by atoms with Gasteiger partial charge < -0.3 is 10.0 Å². The van der Waals surface area contributed by atoms with Crippen LogP contribution in [0.5, 0.6) is 0 Å². The number of aryl methyl sites for hydroxylation is 3. The van der Waals surface area contributed by atoms with Crippen LogP contribution >= 0.6 is 11.3 Å². The minimum atomic E-state index is -0.851. The Balaban J connectivity index is 1.91. The van der Waals surface area contributed by atoms with E-state index in [4.69, 9.17) is 0 Å². The summed E-state index contributed by atoms with van der Waals surface area (Å²) in [5.41, 5.74) is 2.79. The predicted molar refractivity (Wildman–Crippen MR) is 92.5 cm³/mol. The maximum atomic E-state index is 12.8. The predicted octanol–water partition coefficient (Wildman–Crippen LogP) is 3.01. The van der Waals surface area contributed by atoms with Crippen molar-refractivity contribution in [3.8, 4) is 0 Å². The number of nitrogens with zero attached hydrogens (tertiary/aromatic N) is 2. The van der Waals surface area contributed by atoms with Gasteiger partial charge in [-0.25, -0.2) is 4.98 Å². The Morgan fingerprint density at radius 3 is 2.50 bits per heavy atom. The van der Waals surface area contributed by atoms with Crippen molar-refractivity contribution < 1.29 is 14.7 Å². The molecule has 5 nitrogen and oxygen atoms in total. The molecule has 1 N–H and O–H groups in total. The Hall–Kier alpha value is -2.21. The van der Waals surface area contributed by atoms with E-state index in [-0.39, 0.29) is 18.4 Å². The summed E-state index contributed by atoms with van der Waals surface area (Å²) in [6, 6.07) is 7.81. The minimum Gasteiger partial charge on any atom is -0.481 e. The SMILES string of the molecule is Cc1nc(C)c(C(=O)N2C[C@H](C(=O)O)[C@@H](c3ccccc3C)C2)s1. The fourth-order valence-electron chi connectivity index (χ4n) is 3.41. The van der Waals surface area contributed by atoms with Gasteiger partial charge >= 0.3 is 5.97 Å². The molecule has 0 aliphatic carbocycles. The van der Waals surface area contributed by atoms with Crippen molar-refractivity contribution in [2.24, 2.45) is 5.92 Å². The minimum absolute atomic E-state index is 0.111.